The Balaban J connectivity index is 1.80. The van der Waals surface area contributed by atoms with Crippen molar-refractivity contribution < 1.29 is 4.42 Å². The molecule has 2 aromatic rings. The number of aromatic nitrogens is 2. The topological polar surface area (TPSA) is 38.9 Å². The summed E-state index contributed by atoms with van der Waals surface area (Å²) in [5.41, 5.74) is 6.68. The van der Waals surface area contributed by atoms with Crippen LogP contribution in [0.4, 0.5) is 0 Å². The lowest BCUT2D eigenvalue weighted by Crippen LogP contribution is -1.78. The van der Waals surface area contributed by atoms with E-state index < -0.39 is 0 Å². The van der Waals surface area contributed by atoms with Gasteiger partial charge in [0.25, 0.3) is 0 Å². The molecule has 4 rings (SSSR count). The summed E-state index contributed by atoms with van der Waals surface area (Å²) in [5, 5.41) is 8.46. The molecule has 0 bridgehead atoms. The van der Waals surface area contributed by atoms with Crippen LogP contribution in [0.2, 0.25) is 0 Å². The van der Waals surface area contributed by atoms with Crippen LogP contribution in [-0.2, 0) is 0 Å². The molecule has 0 atom stereocenters. The average Bonchev–Trinajstić information content (AvgIpc) is 3.06. The molecule has 1 aromatic heterocycles. The highest BCUT2D eigenvalue weighted by Crippen LogP contribution is 2.38. The smallest absolute Gasteiger partial charge is 0.248 e. The molecule has 1 aromatic carbocycles. The minimum absolute atomic E-state index is 0.548. The summed E-state index contributed by atoms with van der Waals surface area (Å²) in [7, 11) is 0. The fourth-order valence-corrected chi connectivity index (χ4v) is 2.82. The van der Waals surface area contributed by atoms with Gasteiger partial charge >= 0.3 is 0 Å². The van der Waals surface area contributed by atoms with Gasteiger partial charge in [-0.25, -0.2) is 0 Å². The Morgan fingerprint density at radius 3 is 2.17 bits per heavy atom. The van der Waals surface area contributed by atoms with Crippen LogP contribution in [-0.4, -0.2) is 10.2 Å². The third kappa shape index (κ3) is 2.40. The van der Waals surface area contributed by atoms with Crippen LogP contribution in [0.3, 0.4) is 0 Å². The van der Waals surface area contributed by atoms with E-state index in [1.807, 2.05) is 42.5 Å². The zero-order valence-corrected chi connectivity index (χ0v) is 13.1. The largest absolute Gasteiger partial charge is 0.416 e. The van der Waals surface area contributed by atoms with Crippen molar-refractivity contribution in [1.29, 1.82) is 0 Å². The molecule has 0 aliphatic heterocycles. The molecule has 0 N–H and O–H groups in total. The Bertz CT molecular complexity index is 938. The first-order valence-electron chi connectivity index (χ1n) is 7.61. The number of hydrogen-bond acceptors (Lipinski definition) is 3. The molecule has 0 unspecified atom stereocenters. The van der Waals surface area contributed by atoms with E-state index in [1.54, 1.807) is 0 Å². The van der Waals surface area contributed by atoms with Crippen LogP contribution < -0.4 is 0 Å². The number of nitrogens with zero attached hydrogens (tertiary/aromatic N) is 2. The second-order valence-electron chi connectivity index (χ2n) is 5.76. The Labute approximate surface area is 135 Å². The summed E-state index contributed by atoms with van der Waals surface area (Å²) in [4.78, 5) is 0. The lowest BCUT2D eigenvalue weighted by Gasteiger charge is -1.97. The van der Waals surface area contributed by atoms with Crippen molar-refractivity contribution in [2.24, 2.45) is 0 Å². The van der Waals surface area contributed by atoms with E-state index in [9.17, 15) is 0 Å². The van der Waals surface area contributed by atoms with Gasteiger partial charge in [-0.15, -0.1) is 10.2 Å². The van der Waals surface area contributed by atoms with Crippen LogP contribution in [0.15, 0.2) is 65.1 Å². The van der Waals surface area contributed by atoms with Gasteiger partial charge in [-0.1, -0.05) is 48.0 Å². The summed E-state index contributed by atoms with van der Waals surface area (Å²) in [6, 6.07) is 20.5. The molecule has 1 heterocycles. The first-order chi connectivity index (χ1) is 11.2. The summed E-state index contributed by atoms with van der Waals surface area (Å²) < 4.78 is 5.93. The summed E-state index contributed by atoms with van der Waals surface area (Å²) in [5.74, 6) is 1.11. The third-order valence-corrected chi connectivity index (χ3v) is 4.07. The molecule has 0 saturated heterocycles. The molecule has 3 heteroatoms. The maximum atomic E-state index is 5.93. The number of aryl methyl sites for hydroxylation is 2. The third-order valence-electron chi connectivity index (χ3n) is 4.07. The molecule has 112 valence electrons. The van der Waals surface area contributed by atoms with E-state index in [1.165, 1.54) is 16.7 Å². The summed E-state index contributed by atoms with van der Waals surface area (Å²) in [6.07, 6.45) is 0. The fourth-order valence-electron chi connectivity index (χ4n) is 2.82. The van der Waals surface area contributed by atoms with Gasteiger partial charge in [0.15, 0.2) is 0 Å². The monoisotopic (exact) mass is 300 g/mol. The summed E-state index contributed by atoms with van der Waals surface area (Å²) in [6.45, 7) is 4.16. The first-order valence-corrected chi connectivity index (χ1v) is 7.61. The van der Waals surface area contributed by atoms with Gasteiger partial charge in [-0.05, 0) is 48.7 Å². The Kier molecular flexibility index (Phi) is 3.19. The maximum Gasteiger partial charge on any atom is 0.248 e. The molecule has 0 fully saturated rings. The Morgan fingerprint density at radius 2 is 1.39 bits per heavy atom. The average molecular weight is 300 g/mol. The molecular formula is C20H16N2O. The van der Waals surface area contributed by atoms with Crippen molar-refractivity contribution in [3.8, 4) is 34.0 Å². The maximum absolute atomic E-state index is 5.93. The van der Waals surface area contributed by atoms with E-state index in [4.69, 9.17) is 4.42 Å². The Hall–Kier alpha value is -2.94. The van der Waals surface area contributed by atoms with Gasteiger partial charge in [0.2, 0.25) is 11.8 Å². The highest BCUT2D eigenvalue weighted by molar-refractivity contribution is 5.86. The minimum atomic E-state index is 0.548. The van der Waals surface area contributed by atoms with Crippen molar-refractivity contribution in [1.82, 2.24) is 10.2 Å². The Morgan fingerprint density at radius 1 is 0.696 bits per heavy atom. The zero-order valence-electron chi connectivity index (χ0n) is 13.1. The van der Waals surface area contributed by atoms with Gasteiger partial charge in [0.1, 0.15) is 0 Å². The standard InChI is InChI=1S/C20H16N2O/c1-13-8-10-15(11-9-13)19-21-22-20(23-19)18-12-14(2)16-6-4-3-5-7-17(16)18/h3-12H,1-2H3. The van der Waals surface area contributed by atoms with E-state index in [-0.39, 0.29) is 0 Å². The summed E-state index contributed by atoms with van der Waals surface area (Å²) >= 11 is 0. The van der Waals surface area contributed by atoms with Crippen LogP contribution in [0.25, 0.3) is 34.0 Å². The number of fused-ring (bicyclic) bond motifs is 1. The molecule has 0 spiro atoms. The molecular weight excluding hydrogens is 284 g/mol. The molecule has 0 amide bonds. The molecule has 2 aliphatic carbocycles. The van der Waals surface area contributed by atoms with Crippen molar-refractivity contribution in [2.45, 2.75) is 13.8 Å². The number of benzene rings is 1. The molecule has 3 nitrogen and oxygen atoms in total. The highest BCUT2D eigenvalue weighted by atomic mass is 16.4. The normalized spacial score (nSPS) is 11.0. The van der Waals surface area contributed by atoms with E-state index in [2.05, 4.69) is 42.2 Å². The van der Waals surface area contributed by atoms with Crippen molar-refractivity contribution >= 4 is 0 Å². The zero-order chi connectivity index (χ0) is 15.8. The van der Waals surface area contributed by atoms with Gasteiger partial charge in [-0.2, -0.15) is 0 Å². The van der Waals surface area contributed by atoms with E-state index >= 15 is 0 Å². The highest BCUT2D eigenvalue weighted by Gasteiger charge is 2.18. The lowest BCUT2D eigenvalue weighted by molar-refractivity contribution is 0.585. The van der Waals surface area contributed by atoms with E-state index in [0.717, 1.165) is 16.7 Å². The fraction of sp³-hybridized carbons (Fsp3) is 0.100. The van der Waals surface area contributed by atoms with Crippen molar-refractivity contribution in [3.05, 3.63) is 71.8 Å². The van der Waals surface area contributed by atoms with Gasteiger partial charge in [0, 0.05) is 11.1 Å². The molecule has 0 radical (unpaired) electrons. The van der Waals surface area contributed by atoms with Gasteiger partial charge < -0.3 is 4.42 Å². The predicted molar refractivity (Wildman–Crippen MR) is 91.3 cm³/mol. The van der Waals surface area contributed by atoms with Gasteiger partial charge in [-0.3, -0.25) is 0 Å². The van der Waals surface area contributed by atoms with Crippen LogP contribution in [0, 0.1) is 13.8 Å². The minimum Gasteiger partial charge on any atom is -0.416 e. The second kappa shape index (κ2) is 5.36. The molecule has 0 saturated carbocycles. The van der Waals surface area contributed by atoms with Crippen LogP contribution >= 0.6 is 0 Å². The number of hydrogen-bond donors (Lipinski definition) is 0. The quantitative estimate of drug-likeness (QED) is 0.515. The SMILES string of the molecule is Cc1ccc(-c2nnc(-c3cc(C)c4cccccc3-4)o2)cc1. The van der Waals surface area contributed by atoms with E-state index in [0.29, 0.717) is 11.8 Å². The van der Waals surface area contributed by atoms with Gasteiger partial charge in [0.05, 0.1) is 0 Å². The molecule has 23 heavy (non-hydrogen) atoms. The first kappa shape index (κ1) is 13.7. The number of rotatable bonds is 2. The van der Waals surface area contributed by atoms with Crippen LogP contribution in [0.1, 0.15) is 11.1 Å². The second-order valence-corrected chi connectivity index (χ2v) is 5.76. The lowest BCUT2D eigenvalue weighted by atomic mass is 10.1. The predicted octanol–water partition coefficient (Wildman–Crippen LogP) is 5.13. The van der Waals surface area contributed by atoms with Crippen molar-refractivity contribution in [2.75, 3.05) is 0 Å². The van der Waals surface area contributed by atoms with Crippen molar-refractivity contribution in [3.63, 3.8) is 0 Å². The van der Waals surface area contributed by atoms with Crippen LogP contribution in [0.5, 0.6) is 0 Å². The molecule has 2 aliphatic rings.